The highest BCUT2D eigenvalue weighted by Gasteiger charge is 2.19. The Labute approximate surface area is 122 Å². The van der Waals surface area contributed by atoms with Crippen LogP contribution in [0.3, 0.4) is 0 Å². The lowest BCUT2D eigenvalue weighted by Crippen LogP contribution is -2.09. The Morgan fingerprint density at radius 1 is 1.33 bits per heavy atom. The van der Waals surface area contributed by atoms with E-state index < -0.39 is 0 Å². The molecular formula is C16H15NO4. The van der Waals surface area contributed by atoms with Crippen molar-refractivity contribution in [2.45, 2.75) is 13.0 Å². The number of phenolic OH excluding ortho intramolecular Hbond substituents is 1. The minimum absolute atomic E-state index is 0.0621. The van der Waals surface area contributed by atoms with Crippen molar-refractivity contribution < 1.29 is 19.4 Å². The van der Waals surface area contributed by atoms with E-state index in [0.717, 1.165) is 11.3 Å². The second-order valence-electron chi connectivity index (χ2n) is 4.79. The Bertz CT molecular complexity index is 697. The smallest absolute Gasteiger partial charge is 0.309 e. The van der Waals surface area contributed by atoms with Gasteiger partial charge in [0.15, 0.2) is 5.75 Å². The lowest BCUT2D eigenvalue weighted by Gasteiger charge is -2.12. The van der Waals surface area contributed by atoms with Crippen LogP contribution in [0.2, 0.25) is 0 Å². The fourth-order valence-corrected chi connectivity index (χ4v) is 2.37. The molecule has 5 nitrogen and oxygen atoms in total. The predicted octanol–water partition coefficient (Wildman–Crippen LogP) is 2.83. The number of hydrogen-bond donors (Lipinski definition) is 2. The van der Waals surface area contributed by atoms with Gasteiger partial charge in [-0.3, -0.25) is 4.79 Å². The van der Waals surface area contributed by atoms with Gasteiger partial charge in [0.2, 0.25) is 0 Å². The van der Waals surface area contributed by atoms with Crippen LogP contribution < -0.4 is 10.1 Å². The maximum atomic E-state index is 11.5. The zero-order valence-electron chi connectivity index (χ0n) is 11.6. The third kappa shape index (κ3) is 2.63. The Hall–Kier alpha value is -2.69. The van der Waals surface area contributed by atoms with Crippen molar-refractivity contribution in [3.05, 3.63) is 47.5 Å². The highest BCUT2D eigenvalue weighted by Crippen LogP contribution is 2.38. The largest absolute Gasteiger partial charge is 0.508 e. The SMILES string of the molecule is COC(=O)Cc1cc(O)cc2c1CNc1ccccc1O2. The Balaban J connectivity index is 2.03. The lowest BCUT2D eigenvalue weighted by atomic mass is 10.0. The fraction of sp³-hybridized carbons (Fsp3) is 0.188. The monoisotopic (exact) mass is 285 g/mol. The average Bonchev–Trinajstić information content (AvgIpc) is 2.65. The van der Waals surface area contributed by atoms with Gasteiger partial charge in [-0.2, -0.15) is 0 Å². The van der Waals surface area contributed by atoms with Crippen molar-refractivity contribution in [1.29, 1.82) is 0 Å². The molecule has 0 fully saturated rings. The maximum absolute atomic E-state index is 11.5. The molecule has 0 saturated heterocycles. The van der Waals surface area contributed by atoms with Gasteiger partial charge in [0.25, 0.3) is 0 Å². The summed E-state index contributed by atoms with van der Waals surface area (Å²) in [4.78, 5) is 11.5. The van der Waals surface area contributed by atoms with Crippen molar-refractivity contribution in [3.63, 3.8) is 0 Å². The van der Waals surface area contributed by atoms with Crippen molar-refractivity contribution in [2.24, 2.45) is 0 Å². The van der Waals surface area contributed by atoms with Crippen LogP contribution in [-0.2, 0) is 22.5 Å². The van der Waals surface area contributed by atoms with Crippen molar-refractivity contribution in [3.8, 4) is 17.2 Å². The first-order valence-corrected chi connectivity index (χ1v) is 6.59. The first-order valence-electron chi connectivity index (χ1n) is 6.59. The summed E-state index contributed by atoms with van der Waals surface area (Å²) in [6, 6.07) is 10.7. The van der Waals surface area contributed by atoms with E-state index in [-0.39, 0.29) is 18.1 Å². The molecule has 0 aliphatic carbocycles. The predicted molar refractivity (Wildman–Crippen MR) is 77.7 cm³/mol. The molecule has 1 aliphatic rings. The second-order valence-corrected chi connectivity index (χ2v) is 4.79. The highest BCUT2D eigenvalue weighted by molar-refractivity contribution is 5.74. The number of ether oxygens (including phenoxy) is 2. The van der Waals surface area contributed by atoms with Crippen molar-refractivity contribution in [2.75, 3.05) is 12.4 Å². The van der Waals surface area contributed by atoms with E-state index in [4.69, 9.17) is 9.47 Å². The number of rotatable bonds is 2. The van der Waals surface area contributed by atoms with Crippen LogP contribution in [0.25, 0.3) is 0 Å². The van der Waals surface area contributed by atoms with E-state index in [9.17, 15) is 9.90 Å². The van der Waals surface area contributed by atoms with Gasteiger partial charge in [0.05, 0.1) is 19.2 Å². The van der Waals surface area contributed by atoms with E-state index in [1.54, 1.807) is 12.1 Å². The number of benzene rings is 2. The molecule has 108 valence electrons. The molecule has 2 aromatic carbocycles. The summed E-state index contributed by atoms with van der Waals surface area (Å²) >= 11 is 0. The van der Waals surface area contributed by atoms with Crippen molar-refractivity contribution >= 4 is 11.7 Å². The topological polar surface area (TPSA) is 67.8 Å². The summed E-state index contributed by atoms with van der Waals surface area (Å²) in [6.45, 7) is 0.513. The summed E-state index contributed by atoms with van der Waals surface area (Å²) in [5, 5.41) is 13.1. The summed E-state index contributed by atoms with van der Waals surface area (Å²) in [5.74, 6) is 0.939. The van der Waals surface area contributed by atoms with Gasteiger partial charge in [-0.25, -0.2) is 0 Å². The van der Waals surface area contributed by atoms with Crippen LogP contribution in [0.15, 0.2) is 36.4 Å². The van der Waals surface area contributed by atoms with E-state index in [1.165, 1.54) is 7.11 Å². The van der Waals surface area contributed by atoms with Crippen LogP contribution in [0, 0.1) is 0 Å². The molecule has 0 unspecified atom stereocenters. The number of esters is 1. The van der Waals surface area contributed by atoms with Crippen LogP contribution in [-0.4, -0.2) is 18.2 Å². The molecule has 0 bridgehead atoms. The number of methoxy groups -OCH3 is 1. The van der Waals surface area contributed by atoms with E-state index in [0.29, 0.717) is 23.6 Å². The Kier molecular flexibility index (Phi) is 3.39. The third-order valence-corrected chi connectivity index (χ3v) is 3.41. The molecule has 3 rings (SSSR count). The van der Waals surface area contributed by atoms with Crippen LogP contribution in [0.5, 0.6) is 17.2 Å². The number of fused-ring (bicyclic) bond motifs is 2. The number of carbonyl (C=O) groups excluding carboxylic acids is 1. The minimum Gasteiger partial charge on any atom is -0.508 e. The fourth-order valence-electron chi connectivity index (χ4n) is 2.37. The molecule has 0 aromatic heterocycles. The van der Waals surface area contributed by atoms with Gasteiger partial charge < -0.3 is 19.9 Å². The normalized spacial score (nSPS) is 12.2. The number of aromatic hydroxyl groups is 1. The zero-order valence-corrected chi connectivity index (χ0v) is 11.6. The first kappa shape index (κ1) is 13.3. The molecule has 2 N–H and O–H groups in total. The van der Waals surface area contributed by atoms with Crippen LogP contribution in [0.4, 0.5) is 5.69 Å². The van der Waals surface area contributed by atoms with E-state index >= 15 is 0 Å². The highest BCUT2D eigenvalue weighted by atomic mass is 16.5. The zero-order chi connectivity index (χ0) is 14.8. The van der Waals surface area contributed by atoms with Crippen LogP contribution >= 0.6 is 0 Å². The maximum Gasteiger partial charge on any atom is 0.309 e. The second kappa shape index (κ2) is 5.36. The number of para-hydroxylation sites is 2. The molecule has 0 amide bonds. The molecule has 0 radical (unpaired) electrons. The number of phenols is 1. The first-order chi connectivity index (χ1) is 10.2. The van der Waals surface area contributed by atoms with Gasteiger partial charge in [0, 0.05) is 18.2 Å². The molecule has 1 heterocycles. The van der Waals surface area contributed by atoms with Gasteiger partial charge in [0.1, 0.15) is 11.5 Å². The van der Waals surface area contributed by atoms with Crippen molar-refractivity contribution in [1.82, 2.24) is 0 Å². The van der Waals surface area contributed by atoms with Gasteiger partial charge in [-0.15, -0.1) is 0 Å². The molecule has 5 heteroatoms. The minimum atomic E-state index is -0.357. The molecule has 0 spiro atoms. The number of hydrogen-bond acceptors (Lipinski definition) is 5. The summed E-state index contributed by atoms with van der Waals surface area (Å²) in [7, 11) is 1.34. The summed E-state index contributed by atoms with van der Waals surface area (Å²) in [6.07, 6.45) is 0.0919. The Morgan fingerprint density at radius 2 is 2.14 bits per heavy atom. The summed E-state index contributed by atoms with van der Waals surface area (Å²) in [5.41, 5.74) is 2.41. The quantitative estimate of drug-likeness (QED) is 0.830. The molecule has 2 aromatic rings. The number of carbonyl (C=O) groups is 1. The lowest BCUT2D eigenvalue weighted by molar-refractivity contribution is -0.139. The standard InChI is InChI=1S/C16H15NO4/c1-20-16(19)7-10-6-11(18)8-15-12(10)9-17-13-4-2-3-5-14(13)21-15/h2-6,8,17-18H,7,9H2,1H3. The third-order valence-electron chi connectivity index (χ3n) is 3.41. The van der Waals surface area contributed by atoms with E-state index in [1.807, 2.05) is 24.3 Å². The van der Waals surface area contributed by atoms with Gasteiger partial charge in [-0.1, -0.05) is 12.1 Å². The molecular weight excluding hydrogens is 270 g/mol. The Morgan fingerprint density at radius 3 is 2.95 bits per heavy atom. The molecule has 0 atom stereocenters. The van der Waals surface area contributed by atoms with Crippen LogP contribution in [0.1, 0.15) is 11.1 Å². The van der Waals surface area contributed by atoms with E-state index in [2.05, 4.69) is 5.32 Å². The van der Waals surface area contributed by atoms with Gasteiger partial charge in [-0.05, 0) is 23.8 Å². The average molecular weight is 285 g/mol. The molecule has 1 aliphatic heterocycles. The summed E-state index contributed by atoms with van der Waals surface area (Å²) < 4.78 is 10.6. The molecule has 0 saturated carbocycles. The number of nitrogens with one attached hydrogen (secondary N) is 1. The van der Waals surface area contributed by atoms with Gasteiger partial charge >= 0.3 is 5.97 Å². The number of anilines is 1. The molecule has 21 heavy (non-hydrogen) atoms.